The lowest BCUT2D eigenvalue weighted by molar-refractivity contribution is -0.167. The smallest absolute Gasteiger partial charge is 0.340 e. The van der Waals surface area contributed by atoms with Crippen LogP contribution in [0.15, 0.2) is 182 Å². The lowest BCUT2D eigenvalue weighted by Gasteiger charge is -2.35. The van der Waals surface area contributed by atoms with Crippen LogP contribution in [0.2, 0.25) is 0 Å². The second-order valence-corrected chi connectivity index (χ2v) is 14.4. The van der Waals surface area contributed by atoms with E-state index in [1.165, 1.54) is 7.11 Å². The van der Waals surface area contributed by atoms with Gasteiger partial charge in [-0.3, -0.25) is 0 Å². The fraction of sp³-hybridized carbons (Fsp3) is 0.173. The maximum Gasteiger partial charge on any atom is 0.340 e. The van der Waals surface area contributed by atoms with Gasteiger partial charge < -0.3 is 33.2 Å². The number of ether oxygens (including phenoxy) is 7. The highest BCUT2D eigenvalue weighted by atomic mass is 16.6. The number of rotatable bonds is 17. The van der Waals surface area contributed by atoms with E-state index in [2.05, 4.69) is 0 Å². The predicted molar refractivity (Wildman–Crippen MR) is 229 cm³/mol. The summed E-state index contributed by atoms with van der Waals surface area (Å²) in [5.41, 5.74) is 6.22. The van der Waals surface area contributed by atoms with Crippen molar-refractivity contribution in [3.8, 4) is 28.7 Å². The maximum atomic E-state index is 14.1. The number of methoxy groups -OCH3 is 1. The first kappa shape index (κ1) is 39.8. The fourth-order valence-corrected chi connectivity index (χ4v) is 7.11. The van der Waals surface area contributed by atoms with Crippen molar-refractivity contribution in [2.24, 2.45) is 0 Å². The molecule has 0 spiro atoms. The predicted octanol–water partition coefficient (Wildman–Crippen LogP) is 11.0. The van der Waals surface area contributed by atoms with E-state index in [4.69, 9.17) is 33.2 Å². The Kier molecular flexibility index (Phi) is 13.0. The molecular weight excluding hydrogens is 753 g/mol. The van der Waals surface area contributed by atoms with Gasteiger partial charge in [-0.2, -0.15) is 0 Å². The first-order valence-corrected chi connectivity index (χ1v) is 20.0. The molecule has 8 rings (SSSR count). The zero-order valence-electron chi connectivity index (χ0n) is 33.4. The monoisotopic (exact) mass is 798 g/mol. The molecule has 8 nitrogen and oxygen atoms in total. The van der Waals surface area contributed by atoms with Gasteiger partial charge in [0, 0.05) is 36.8 Å². The molecule has 0 N–H and O–H groups in total. The first-order chi connectivity index (χ1) is 29.6. The lowest BCUT2D eigenvalue weighted by Crippen LogP contribution is -2.36. The summed E-state index contributed by atoms with van der Waals surface area (Å²) >= 11 is 0. The molecule has 1 unspecified atom stereocenters. The van der Waals surface area contributed by atoms with E-state index in [0.717, 1.165) is 33.4 Å². The van der Waals surface area contributed by atoms with Crippen LogP contribution in [0.5, 0.6) is 28.7 Å². The highest BCUT2D eigenvalue weighted by molar-refractivity contribution is 5.77. The zero-order chi connectivity index (χ0) is 40.9. The van der Waals surface area contributed by atoms with Gasteiger partial charge in [-0.1, -0.05) is 158 Å². The summed E-state index contributed by atoms with van der Waals surface area (Å²) in [5, 5.41) is 0. The van der Waals surface area contributed by atoms with Gasteiger partial charge in [0.15, 0.2) is 23.7 Å². The summed E-state index contributed by atoms with van der Waals surface area (Å²) in [6.45, 7) is 1.34. The van der Waals surface area contributed by atoms with Crippen molar-refractivity contribution < 1.29 is 38.0 Å². The second-order valence-electron chi connectivity index (χ2n) is 14.4. The molecule has 0 saturated carbocycles. The summed E-state index contributed by atoms with van der Waals surface area (Å²) in [7, 11) is 1.50. The van der Waals surface area contributed by atoms with Crippen molar-refractivity contribution in [3.05, 3.63) is 221 Å². The topological polar surface area (TPSA) is 81.7 Å². The molecule has 60 heavy (non-hydrogen) atoms. The molecule has 3 atom stereocenters. The molecule has 7 aromatic carbocycles. The summed E-state index contributed by atoms with van der Waals surface area (Å²) in [4.78, 5) is 14.1. The van der Waals surface area contributed by atoms with Crippen molar-refractivity contribution in [1.29, 1.82) is 0 Å². The molecule has 0 bridgehead atoms. The van der Waals surface area contributed by atoms with E-state index in [-0.39, 0.29) is 6.42 Å². The Labute approximate surface area is 350 Å². The molecule has 8 heteroatoms. The van der Waals surface area contributed by atoms with Crippen LogP contribution in [-0.4, -0.2) is 19.2 Å². The van der Waals surface area contributed by atoms with Crippen molar-refractivity contribution in [2.45, 2.75) is 51.2 Å². The molecule has 0 amide bonds. The van der Waals surface area contributed by atoms with Crippen molar-refractivity contribution in [2.75, 3.05) is 7.11 Å². The summed E-state index contributed by atoms with van der Waals surface area (Å²) in [5.74, 6) is 2.27. The molecule has 302 valence electrons. The lowest BCUT2D eigenvalue weighted by atomic mass is 9.93. The Morgan fingerprint density at radius 2 is 1.03 bits per heavy atom. The maximum absolute atomic E-state index is 14.1. The van der Waals surface area contributed by atoms with Gasteiger partial charge in [0.25, 0.3) is 0 Å². The number of hydrogen-bond acceptors (Lipinski definition) is 8. The van der Waals surface area contributed by atoms with E-state index in [1.54, 1.807) is 0 Å². The highest BCUT2D eigenvalue weighted by Gasteiger charge is 2.39. The first-order valence-electron chi connectivity index (χ1n) is 20.0. The van der Waals surface area contributed by atoms with Crippen LogP contribution in [0, 0.1) is 0 Å². The number of carbonyl (C=O) groups is 1. The molecule has 0 saturated heterocycles. The Morgan fingerprint density at radius 1 is 0.550 bits per heavy atom. The van der Waals surface area contributed by atoms with E-state index in [0.29, 0.717) is 60.7 Å². The van der Waals surface area contributed by atoms with Gasteiger partial charge in [-0.25, -0.2) is 4.79 Å². The third-order valence-corrected chi connectivity index (χ3v) is 10.2. The van der Waals surface area contributed by atoms with Gasteiger partial charge in [0.2, 0.25) is 0 Å². The third-order valence-electron chi connectivity index (χ3n) is 10.2. The average Bonchev–Trinajstić information content (AvgIpc) is 3.30. The number of esters is 1. The molecule has 0 aromatic heterocycles. The van der Waals surface area contributed by atoms with Crippen LogP contribution >= 0.6 is 0 Å². The molecule has 0 fully saturated rings. The van der Waals surface area contributed by atoms with Crippen LogP contribution in [0.4, 0.5) is 0 Å². The molecule has 0 aliphatic carbocycles. The minimum Gasteiger partial charge on any atom is -0.489 e. The second kappa shape index (κ2) is 19.6. The van der Waals surface area contributed by atoms with Gasteiger partial charge in [-0.05, 0) is 39.9 Å². The van der Waals surface area contributed by atoms with Crippen molar-refractivity contribution in [3.63, 3.8) is 0 Å². The number of benzene rings is 7. The van der Waals surface area contributed by atoms with Crippen LogP contribution in [0.3, 0.4) is 0 Å². The Morgan fingerprint density at radius 3 is 1.57 bits per heavy atom. The van der Waals surface area contributed by atoms with Crippen LogP contribution in [0.1, 0.15) is 51.2 Å². The zero-order valence-corrected chi connectivity index (χ0v) is 33.4. The average molecular weight is 799 g/mol. The van der Waals surface area contributed by atoms with Crippen LogP contribution in [-0.2, 0) is 47.1 Å². The van der Waals surface area contributed by atoms with Gasteiger partial charge in [0.1, 0.15) is 49.8 Å². The molecule has 1 heterocycles. The van der Waals surface area contributed by atoms with Crippen molar-refractivity contribution in [1.82, 2.24) is 0 Å². The fourth-order valence-electron chi connectivity index (χ4n) is 7.11. The van der Waals surface area contributed by atoms with E-state index < -0.39 is 24.3 Å². The largest absolute Gasteiger partial charge is 0.489 e. The number of carbonyl (C=O) groups excluding carboxylic acids is 1. The Hall–Kier alpha value is -7.03. The highest BCUT2D eigenvalue weighted by Crippen LogP contribution is 2.45. The SMILES string of the molecule is COC(C(=O)O[C@@H]1Cc2c(OCc3ccccc3)cc(OCc3ccccc3)cc2O[C@@H]1c1ccc(OCc2ccccc2)c(OCc2ccccc2)c1)c1ccccc1. The molecule has 1 aliphatic heterocycles. The van der Waals surface area contributed by atoms with Gasteiger partial charge in [0.05, 0.1) is 0 Å². The Bertz CT molecular complexity index is 2430. The quantitative estimate of drug-likeness (QED) is 0.0843. The molecular formula is C52H46O8. The minimum absolute atomic E-state index is 0.284. The number of hydrogen-bond donors (Lipinski definition) is 0. The normalized spacial score (nSPS) is 14.8. The van der Waals surface area contributed by atoms with Crippen molar-refractivity contribution >= 4 is 5.97 Å². The molecule has 7 aromatic rings. The van der Waals surface area contributed by atoms with Gasteiger partial charge >= 0.3 is 5.97 Å². The summed E-state index contributed by atoms with van der Waals surface area (Å²) < 4.78 is 44.8. The van der Waals surface area contributed by atoms with E-state index >= 15 is 0 Å². The number of fused-ring (bicyclic) bond motifs is 1. The molecule has 0 radical (unpaired) electrons. The minimum atomic E-state index is -0.950. The van der Waals surface area contributed by atoms with Crippen LogP contribution < -0.4 is 23.7 Å². The molecule has 1 aliphatic rings. The van der Waals surface area contributed by atoms with E-state index in [1.807, 2.05) is 182 Å². The van der Waals surface area contributed by atoms with E-state index in [9.17, 15) is 4.79 Å². The summed E-state index contributed by atoms with van der Waals surface area (Å²) in [6.07, 6.45) is -2.22. The van der Waals surface area contributed by atoms with Gasteiger partial charge in [-0.15, -0.1) is 0 Å². The van der Waals surface area contributed by atoms with Crippen LogP contribution in [0.25, 0.3) is 0 Å². The Balaban J connectivity index is 1.16. The third kappa shape index (κ3) is 10.2. The standard InChI is InChI=1S/C52H46O8/c1-54-51(41-25-15-6-16-26-41)52(53)60-49-32-44-46(57-35-39-21-11-4-12-22-39)30-43(55-33-37-17-7-2-8-18-37)31-47(44)59-50(49)42-27-28-45(56-34-38-19-9-3-10-20-38)48(29-42)58-36-40-23-13-5-14-24-40/h2-31,49-51H,32-36H2,1H3/t49-,50-,51?/m1/s1. The summed E-state index contributed by atoms with van der Waals surface area (Å²) in [6, 6.07) is 58.6.